The number of nitrogens with one attached hydrogen (secondary N) is 3. The Labute approximate surface area is 147 Å². The summed E-state index contributed by atoms with van der Waals surface area (Å²) < 4.78 is 0.818. The minimum absolute atomic E-state index is 0.292. The molecule has 0 fully saturated rings. The van der Waals surface area contributed by atoms with Gasteiger partial charge in [0.2, 0.25) is 0 Å². The topological polar surface area (TPSA) is 69.3 Å². The summed E-state index contributed by atoms with van der Waals surface area (Å²) in [4.78, 5) is 14.7. The van der Waals surface area contributed by atoms with Gasteiger partial charge in [0.25, 0.3) is 5.91 Å². The van der Waals surface area contributed by atoms with Crippen LogP contribution in [0.15, 0.2) is 76.4 Å². The zero-order valence-electron chi connectivity index (χ0n) is 12.7. The van der Waals surface area contributed by atoms with Crippen molar-refractivity contribution in [3.63, 3.8) is 0 Å². The van der Waals surface area contributed by atoms with Crippen LogP contribution in [0, 0.1) is 0 Å². The molecular formula is C18H15BrN4O. The number of anilines is 2. The van der Waals surface area contributed by atoms with Crippen LogP contribution in [0.2, 0.25) is 0 Å². The SMILES string of the molecule is O=C(N/N=C\c1ccc(Nc2ccccc2)cc1)c1cc(Br)c[nH]1. The lowest BCUT2D eigenvalue weighted by Gasteiger charge is -2.06. The highest BCUT2D eigenvalue weighted by Gasteiger charge is 2.05. The summed E-state index contributed by atoms with van der Waals surface area (Å²) in [5.41, 5.74) is 5.83. The number of aromatic amines is 1. The summed E-state index contributed by atoms with van der Waals surface area (Å²) in [6, 6.07) is 19.4. The Bertz CT molecular complexity index is 841. The fraction of sp³-hybridized carbons (Fsp3) is 0. The Morgan fingerprint density at radius 2 is 1.75 bits per heavy atom. The van der Waals surface area contributed by atoms with Gasteiger partial charge in [0.15, 0.2) is 0 Å². The molecule has 2 aromatic carbocycles. The average molecular weight is 383 g/mol. The number of carbonyl (C=O) groups is 1. The van der Waals surface area contributed by atoms with E-state index in [2.05, 4.69) is 36.8 Å². The van der Waals surface area contributed by atoms with E-state index in [1.54, 1.807) is 18.5 Å². The van der Waals surface area contributed by atoms with Gasteiger partial charge in [-0.05, 0) is 51.8 Å². The van der Waals surface area contributed by atoms with Gasteiger partial charge in [0, 0.05) is 22.0 Å². The number of halogens is 1. The molecule has 5 nitrogen and oxygen atoms in total. The number of rotatable bonds is 5. The van der Waals surface area contributed by atoms with Crippen LogP contribution in [0.25, 0.3) is 0 Å². The van der Waals surface area contributed by atoms with E-state index < -0.39 is 0 Å². The third kappa shape index (κ3) is 4.33. The highest BCUT2D eigenvalue weighted by atomic mass is 79.9. The number of carbonyl (C=O) groups excluding carboxylic acids is 1. The van der Waals surface area contributed by atoms with Crippen LogP contribution in [0.3, 0.4) is 0 Å². The molecule has 120 valence electrons. The van der Waals surface area contributed by atoms with Crippen molar-refractivity contribution in [3.05, 3.63) is 82.6 Å². The van der Waals surface area contributed by atoms with Crippen molar-refractivity contribution < 1.29 is 4.79 Å². The first-order valence-corrected chi connectivity index (χ1v) is 8.09. The van der Waals surface area contributed by atoms with Crippen LogP contribution < -0.4 is 10.7 Å². The molecule has 1 amide bonds. The molecule has 24 heavy (non-hydrogen) atoms. The second-order valence-electron chi connectivity index (χ2n) is 5.04. The minimum Gasteiger partial charge on any atom is -0.356 e. The van der Waals surface area contributed by atoms with Crippen molar-refractivity contribution in [2.45, 2.75) is 0 Å². The van der Waals surface area contributed by atoms with Gasteiger partial charge >= 0.3 is 0 Å². The summed E-state index contributed by atoms with van der Waals surface area (Å²) in [7, 11) is 0. The quantitative estimate of drug-likeness (QED) is 0.455. The molecule has 0 saturated heterocycles. The first-order chi connectivity index (χ1) is 11.7. The molecule has 0 unspecified atom stereocenters. The summed E-state index contributed by atoms with van der Waals surface area (Å²) in [6.07, 6.45) is 3.29. The minimum atomic E-state index is -0.292. The molecule has 1 heterocycles. The fourth-order valence-corrected chi connectivity index (χ4v) is 2.41. The molecule has 0 bridgehead atoms. The Morgan fingerprint density at radius 3 is 2.42 bits per heavy atom. The van der Waals surface area contributed by atoms with Gasteiger partial charge in [0.05, 0.1) is 6.21 Å². The van der Waals surface area contributed by atoms with Crippen molar-refractivity contribution in [1.82, 2.24) is 10.4 Å². The number of hydrogen-bond donors (Lipinski definition) is 3. The van der Waals surface area contributed by atoms with E-state index in [4.69, 9.17) is 0 Å². The van der Waals surface area contributed by atoms with Gasteiger partial charge in [-0.1, -0.05) is 30.3 Å². The predicted octanol–water partition coefficient (Wildman–Crippen LogP) is 4.28. The monoisotopic (exact) mass is 382 g/mol. The standard InChI is InChI=1S/C18H15BrN4O/c19-14-10-17(20-12-14)18(24)23-21-11-13-6-8-16(9-7-13)22-15-4-2-1-3-5-15/h1-12,20,22H,(H,23,24)/b21-11-. The number of para-hydroxylation sites is 1. The molecule has 3 aromatic rings. The van der Waals surface area contributed by atoms with E-state index in [0.717, 1.165) is 21.4 Å². The van der Waals surface area contributed by atoms with Crippen LogP contribution >= 0.6 is 15.9 Å². The molecule has 0 saturated carbocycles. The largest absolute Gasteiger partial charge is 0.356 e. The number of hydrazone groups is 1. The first kappa shape index (κ1) is 16.0. The van der Waals surface area contributed by atoms with Gasteiger partial charge in [0.1, 0.15) is 5.69 Å². The molecule has 6 heteroatoms. The third-order valence-corrected chi connectivity index (χ3v) is 3.70. The highest BCUT2D eigenvalue weighted by Crippen LogP contribution is 2.16. The van der Waals surface area contributed by atoms with E-state index in [0.29, 0.717) is 5.69 Å². The van der Waals surface area contributed by atoms with Gasteiger partial charge in [-0.25, -0.2) is 5.43 Å². The number of aromatic nitrogens is 1. The Kier molecular flexibility index (Phi) is 5.08. The average Bonchev–Trinajstić information content (AvgIpc) is 3.04. The van der Waals surface area contributed by atoms with Gasteiger partial charge in [-0.2, -0.15) is 5.10 Å². The number of nitrogens with zero attached hydrogens (tertiary/aromatic N) is 1. The lowest BCUT2D eigenvalue weighted by Crippen LogP contribution is -2.17. The number of benzene rings is 2. The zero-order chi connectivity index (χ0) is 16.8. The third-order valence-electron chi connectivity index (χ3n) is 3.25. The van der Waals surface area contributed by atoms with Crippen molar-refractivity contribution in [2.24, 2.45) is 5.10 Å². The molecule has 3 N–H and O–H groups in total. The van der Waals surface area contributed by atoms with Gasteiger partial charge < -0.3 is 10.3 Å². The van der Waals surface area contributed by atoms with E-state index >= 15 is 0 Å². The summed E-state index contributed by atoms with van der Waals surface area (Å²) in [6.45, 7) is 0. The summed E-state index contributed by atoms with van der Waals surface area (Å²) in [5, 5.41) is 7.27. The summed E-state index contributed by atoms with van der Waals surface area (Å²) >= 11 is 3.28. The van der Waals surface area contributed by atoms with E-state index in [1.165, 1.54) is 0 Å². The Morgan fingerprint density at radius 1 is 1.04 bits per heavy atom. The second kappa shape index (κ2) is 7.61. The van der Waals surface area contributed by atoms with Gasteiger partial charge in [-0.3, -0.25) is 4.79 Å². The molecule has 0 aliphatic rings. The van der Waals surface area contributed by atoms with Crippen molar-refractivity contribution in [3.8, 4) is 0 Å². The first-order valence-electron chi connectivity index (χ1n) is 7.30. The lowest BCUT2D eigenvalue weighted by molar-refractivity contribution is 0.0951. The maximum absolute atomic E-state index is 11.8. The van der Waals surface area contributed by atoms with Crippen LogP contribution in [0.4, 0.5) is 11.4 Å². The van der Waals surface area contributed by atoms with E-state index in [9.17, 15) is 4.79 Å². The Balaban J connectivity index is 1.56. The number of hydrogen-bond acceptors (Lipinski definition) is 3. The second-order valence-corrected chi connectivity index (χ2v) is 5.96. The highest BCUT2D eigenvalue weighted by molar-refractivity contribution is 9.10. The molecule has 3 rings (SSSR count). The summed E-state index contributed by atoms with van der Waals surface area (Å²) in [5.74, 6) is -0.292. The predicted molar refractivity (Wildman–Crippen MR) is 99.7 cm³/mol. The molecule has 0 aliphatic carbocycles. The zero-order valence-corrected chi connectivity index (χ0v) is 14.2. The molecule has 0 aliphatic heterocycles. The van der Waals surface area contributed by atoms with Crippen molar-refractivity contribution in [2.75, 3.05) is 5.32 Å². The van der Waals surface area contributed by atoms with Crippen molar-refractivity contribution >= 4 is 39.4 Å². The van der Waals surface area contributed by atoms with Crippen LogP contribution in [-0.4, -0.2) is 17.1 Å². The lowest BCUT2D eigenvalue weighted by atomic mass is 10.2. The van der Waals surface area contributed by atoms with E-state index in [1.807, 2.05) is 54.6 Å². The van der Waals surface area contributed by atoms with Crippen LogP contribution in [0.5, 0.6) is 0 Å². The number of amides is 1. The fourth-order valence-electron chi connectivity index (χ4n) is 2.07. The molecule has 1 aromatic heterocycles. The normalized spacial score (nSPS) is 10.7. The molecular weight excluding hydrogens is 368 g/mol. The number of H-pyrrole nitrogens is 1. The smallest absolute Gasteiger partial charge is 0.287 e. The molecule has 0 radical (unpaired) electrons. The molecule has 0 atom stereocenters. The van der Waals surface area contributed by atoms with Crippen molar-refractivity contribution in [1.29, 1.82) is 0 Å². The van der Waals surface area contributed by atoms with Crippen LogP contribution in [0.1, 0.15) is 16.1 Å². The maximum Gasteiger partial charge on any atom is 0.287 e. The maximum atomic E-state index is 11.8. The Hall–Kier alpha value is -2.86. The van der Waals surface area contributed by atoms with E-state index in [-0.39, 0.29) is 5.91 Å². The molecule has 0 spiro atoms. The van der Waals surface area contributed by atoms with Crippen LogP contribution in [-0.2, 0) is 0 Å². The van der Waals surface area contributed by atoms with Gasteiger partial charge in [-0.15, -0.1) is 0 Å².